The van der Waals surface area contributed by atoms with E-state index in [9.17, 15) is 0 Å². The molecule has 1 aliphatic rings. The highest BCUT2D eigenvalue weighted by Crippen LogP contribution is 2.22. The van der Waals surface area contributed by atoms with Gasteiger partial charge in [0.1, 0.15) is 12.1 Å². The van der Waals surface area contributed by atoms with Gasteiger partial charge in [0.05, 0.1) is 11.2 Å². The maximum atomic E-state index is 5.14. The largest absolute Gasteiger partial charge is 0.369 e. The molecular formula is C17H19N5O. The van der Waals surface area contributed by atoms with Gasteiger partial charge in [-0.3, -0.25) is 4.90 Å². The second-order valence-electron chi connectivity index (χ2n) is 5.96. The standard InChI is InChI=1S/C17H19N5O/c1-13-8-15(20-23-13)11-21-4-6-22(7-5-21)16-2-3-17-14(9-16)10-18-12-19-17/h2-3,8-10,12H,4-7,11H2,1H3. The van der Waals surface area contributed by atoms with Gasteiger partial charge in [0.2, 0.25) is 0 Å². The molecule has 0 saturated carbocycles. The van der Waals surface area contributed by atoms with Gasteiger partial charge >= 0.3 is 0 Å². The quantitative estimate of drug-likeness (QED) is 0.739. The molecule has 0 atom stereocenters. The third-order valence-corrected chi connectivity index (χ3v) is 4.29. The topological polar surface area (TPSA) is 58.3 Å². The van der Waals surface area contributed by atoms with E-state index >= 15 is 0 Å². The smallest absolute Gasteiger partial charge is 0.133 e. The fourth-order valence-electron chi connectivity index (χ4n) is 3.05. The number of rotatable bonds is 3. The Hall–Kier alpha value is -2.47. The Bertz CT molecular complexity index is 807. The van der Waals surface area contributed by atoms with Crippen molar-refractivity contribution in [2.45, 2.75) is 13.5 Å². The molecule has 0 aliphatic carbocycles. The van der Waals surface area contributed by atoms with Gasteiger partial charge in [-0.2, -0.15) is 0 Å². The second-order valence-corrected chi connectivity index (χ2v) is 5.96. The van der Waals surface area contributed by atoms with Crippen LogP contribution in [0.5, 0.6) is 0 Å². The molecule has 4 rings (SSSR count). The van der Waals surface area contributed by atoms with E-state index in [1.54, 1.807) is 6.33 Å². The molecule has 6 heteroatoms. The number of benzene rings is 1. The highest BCUT2D eigenvalue weighted by molar-refractivity contribution is 5.81. The number of anilines is 1. The summed E-state index contributed by atoms with van der Waals surface area (Å²) in [5.41, 5.74) is 3.24. The van der Waals surface area contributed by atoms with Gasteiger partial charge in [0, 0.05) is 56.1 Å². The molecule has 118 valence electrons. The van der Waals surface area contributed by atoms with Crippen molar-refractivity contribution in [2.75, 3.05) is 31.1 Å². The molecule has 1 saturated heterocycles. The Kier molecular flexibility index (Phi) is 3.67. The molecule has 6 nitrogen and oxygen atoms in total. The molecule has 1 aliphatic heterocycles. The van der Waals surface area contributed by atoms with E-state index in [-0.39, 0.29) is 0 Å². The molecule has 1 fully saturated rings. The average Bonchev–Trinajstić information content (AvgIpc) is 3.00. The first-order valence-corrected chi connectivity index (χ1v) is 7.87. The zero-order valence-corrected chi connectivity index (χ0v) is 13.1. The van der Waals surface area contributed by atoms with Crippen molar-refractivity contribution in [2.24, 2.45) is 0 Å². The maximum absolute atomic E-state index is 5.14. The summed E-state index contributed by atoms with van der Waals surface area (Å²) in [6.45, 7) is 6.85. The highest BCUT2D eigenvalue weighted by Gasteiger charge is 2.18. The summed E-state index contributed by atoms with van der Waals surface area (Å²) < 4.78 is 5.14. The summed E-state index contributed by atoms with van der Waals surface area (Å²) in [6.07, 6.45) is 3.46. The first-order chi connectivity index (χ1) is 11.3. The molecule has 0 bridgehead atoms. The summed E-state index contributed by atoms with van der Waals surface area (Å²) in [5.74, 6) is 0.872. The minimum absolute atomic E-state index is 0.858. The van der Waals surface area contributed by atoms with Gasteiger partial charge < -0.3 is 9.42 Å². The Balaban J connectivity index is 1.42. The van der Waals surface area contributed by atoms with E-state index in [0.717, 1.165) is 55.1 Å². The Morgan fingerprint density at radius 1 is 1.13 bits per heavy atom. The van der Waals surface area contributed by atoms with Crippen molar-refractivity contribution in [3.63, 3.8) is 0 Å². The molecule has 0 unspecified atom stereocenters. The van der Waals surface area contributed by atoms with Crippen LogP contribution in [0, 0.1) is 6.92 Å². The van der Waals surface area contributed by atoms with Crippen molar-refractivity contribution >= 4 is 16.6 Å². The lowest BCUT2D eigenvalue weighted by molar-refractivity contribution is 0.242. The second kappa shape index (κ2) is 5.96. The van der Waals surface area contributed by atoms with Crippen molar-refractivity contribution < 1.29 is 4.52 Å². The lowest BCUT2D eigenvalue weighted by Crippen LogP contribution is -2.46. The van der Waals surface area contributed by atoms with Gasteiger partial charge in [-0.05, 0) is 25.1 Å². The molecule has 3 heterocycles. The molecule has 2 aromatic heterocycles. The molecule has 0 N–H and O–H groups in total. The summed E-state index contributed by atoms with van der Waals surface area (Å²) in [7, 11) is 0. The minimum atomic E-state index is 0.858. The first-order valence-electron chi connectivity index (χ1n) is 7.87. The van der Waals surface area contributed by atoms with Crippen LogP contribution in [-0.2, 0) is 6.54 Å². The van der Waals surface area contributed by atoms with E-state index in [0.29, 0.717) is 0 Å². The minimum Gasteiger partial charge on any atom is -0.369 e. The summed E-state index contributed by atoms with van der Waals surface area (Å²) >= 11 is 0. The fraction of sp³-hybridized carbons (Fsp3) is 0.353. The van der Waals surface area contributed by atoms with Gasteiger partial charge in [-0.1, -0.05) is 5.16 Å². The summed E-state index contributed by atoms with van der Waals surface area (Å²) in [4.78, 5) is 13.2. The SMILES string of the molecule is Cc1cc(CN2CCN(c3ccc4ncncc4c3)CC2)no1. The van der Waals surface area contributed by atoms with Crippen LogP contribution in [0.15, 0.2) is 41.3 Å². The van der Waals surface area contributed by atoms with E-state index in [4.69, 9.17) is 4.52 Å². The Labute approximate surface area is 134 Å². The third-order valence-electron chi connectivity index (χ3n) is 4.29. The molecule has 1 aromatic carbocycles. The molecule has 3 aromatic rings. The van der Waals surface area contributed by atoms with Crippen LogP contribution in [-0.4, -0.2) is 46.2 Å². The number of aromatic nitrogens is 3. The molecule has 0 amide bonds. The lowest BCUT2D eigenvalue weighted by atomic mass is 10.2. The van der Waals surface area contributed by atoms with Crippen LogP contribution in [0.1, 0.15) is 11.5 Å². The van der Waals surface area contributed by atoms with Gasteiger partial charge in [0.25, 0.3) is 0 Å². The summed E-state index contributed by atoms with van der Waals surface area (Å²) in [6, 6.07) is 8.39. The zero-order valence-electron chi connectivity index (χ0n) is 13.1. The molecular weight excluding hydrogens is 290 g/mol. The van der Waals surface area contributed by atoms with Crippen LogP contribution in [0.2, 0.25) is 0 Å². The normalized spacial score (nSPS) is 16.1. The Morgan fingerprint density at radius 2 is 2.00 bits per heavy atom. The van der Waals surface area contributed by atoms with E-state index in [1.807, 2.05) is 19.2 Å². The first kappa shape index (κ1) is 14.1. The van der Waals surface area contributed by atoms with Gasteiger partial charge in [-0.15, -0.1) is 0 Å². The van der Waals surface area contributed by atoms with Crippen LogP contribution in [0.3, 0.4) is 0 Å². The third kappa shape index (κ3) is 3.03. The predicted molar refractivity (Wildman–Crippen MR) is 88.3 cm³/mol. The fourth-order valence-corrected chi connectivity index (χ4v) is 3.05. The summed E-state index contributed by atoms with van der Waals surface area (Å²) in [5, 5.41) is 5.17. The zero-order chi connectivity index (χ0) is 15.6. The molecule has 0 spiro atoms. The number of nitrogens with zero attached hydrogens (tertiary/aromatic N) is 5. The highest BCUT2D eigenvalue weighted by atomic mass is 16.5. The van der Waals surface area contributed by atoms with E-state index in [1.165, 1.54) is 5.69 Å². The van der Waals surface area contributed by atoms with Crippen LogP contribution in [0.25, 0.3) is 10.9 Å². The van der Waals surface area contributed by atoms with Crippen molar-refractivity contribution in [1.82, 2.24) is 20.0 Å². The van der Waals surface area contributed by atoms with Crippen LogP contribution >= 0.6 is 0 Å². The average molecular weight is 309 g/mol. The maximum Gasteiger partial charge on any atom is 0.133 e. The van der Waals surface area contributed by atoms with Crippen LogP contribution < -0.4 is 4.90 Å². The van der Waals surface area contributed by atoms with Gasteiger partial charge in [0.15, 0.2) is 0 Å². The van der Waals surface area contributed by atoms with Crippen molar-refractivity contribution in [3.8, 4) is 0 Å². The van der Waals surface area contributed by atoms with E-state index < -0.39 is 0 Å². The number of aryl methyl sites for hydroxylation is 1. The van der Waals surface area contributed by atoms with E-state index in [2.05, 4.69) is 43.1 Å². The lowest BCUT2D eigenvalue weighted by Gasteiger charge is -2.35. The Morgan fingerprint density at radius 3 is 2.78 bits per heavy atom. The number of hydrogen-bond donors (Lipinski definition) is 0. The number of fused-ring (bicyclic) bond motifs is 1. The monoisotopic (exact) mass is 309 g/mol. The van der Waals surface area contributed by atoms with Crippen LogP contribution in [0.4, 0.5) is 5.69 Å². The number of hydrogen-bond acceptors (Lipinski definition) is 6. The predicted octanol–water partition coefficient (Wildman–Crippen LogP) is 2.25. The molecule has 23 heavy (non-hydrogen) atoms. The number of piperazine rings is 1. The van der Waals surface area contributed by atoms with Crippen molar-refractivity contribution in [3.05, 3.63) is 48.2 Å². The molecule has 0 radical (unpaired) electrons. The van der Waals surface area contributed by atoms with Crippen molar-refractivity contribution in [1.29, 1.82) is 0 Å². The van der Waals surface area contributed by atoms with Gasteiger partial charge in [-0.25, -0.2) is 9.97 Å².